The molecule has 1 heterocycles. The summed E-state index contributed by atoms with van der Waals surface area (Å²) >= 11 is 0. The standard InChI is InChI=1S/C8H13N5O/c1-5-2-6(13-8(14)4-10)12-7(3-9)11-5/h2H,3-4,9-10H2,1H3,(H,11,12,13,14). The van der Waals surface area contributed by atoms with E-state index in [-0.39, 0.29) is 19.0 Å². The third kappa shape index (κ3) is 2.75. The number of hydrogen-bond donors (Lipinski definition) is 3. The number of rotatable bonds is 3. The molecule has 0 saturated carbocycles. The lowest BCUT2D eigenvalue weighted by Gasteiger charge is -2.05. The van der Waals surface area contributed by atoms with Crippen molar-refractivity contribution in [2.75, 3.05) is 11.9 Å². The molecule has 0 aliphatic carbocycles. The first-order valence-corrected chi connectivity index (χ1v) is 4.20. The van der Waals surface area contributed by atoms with Gasteiger partial charge in [-0.2, -0.15) is 0 Å². The fourth-order valence-electron chi connectivity index (χ4n) is 0.979. The molecule has 0 aliphatic rings. The average Bonchev–Trinajstić information content (AvgIpc) is 2.16. The highest BCUT2D eigenvalue weighted by molar-refractivity contribution is 5.91. The van der Waals surface area contributed by atoms with Gasteiger partial charge in [0.25, 0.3) is 0 Å². The van der Waals surface area contributed by atoms with Gasteiger partial charge in [-0.25, -0.2) is 9.97 Å². The molecule has 14 heavy (non-hydrogen) atoms. The van der Waals surface area contributed by atoms with Crippen molar-refractivity contribution in [1.82, 2.24) is 9.97 Å². The third-order valence-electron chi connectivity index (χ3n) is 1.54. The zero-order valence-electron chi connectivity index (χ0n) is 7.95. The number of aryl methyl sites for hydroxylation is 1. The van der Waals surface area contributed by atoms with Crippen molar-refractivity contribution < 1.29 is 4.79 Å². The van der Waals surface area contributed by atoms with Gasteiger partial charge in [-0.1, -0.05) is 0 Å². The second-order valence-electron chi connectivity index (χ2n) is 2.77. The predicted octanol–water partition coefficient (Wildman–Crippen LogP) is -0.859. The van der Waals surface area contributed by atoms with E-state index < -0.39 is 0 Å². The molecule has 0 fully saturated rings. The second-order valence-corrected chi connectivity index (χ2v) is 2.77. The van der Waals surface area contributed by atoms with Gasteiger partial charge in [-0.05, 0) is 6.92 Å². The van der Waals surface area contributed by atoms with E-state index in [4.69, 9.17) is 11.5 Å². The summed E-state index contributed by atoms with van der Waals surface area (Å²) in [5.74, 6) is 0.650. The summed E-state index contributed by atoms with van der Waals surface area (Å²) in [6.07, 6.45) is 0. The van der Waals surface area contributed by atoms with Gasteiger partial charge < -0.3 is 16.8 Å². The SMILES string of the molecule is Cc1cc(NC(=O)CN)nc(CN)n1. The maximum Gasteiger partial charge on any atom is 0.239 e. The van der Waals surface area contributed by atoms with Crippen LogP contribution >= 0.6 is 0 Å². The minimum Gasteiger partial charge on any atom is -0.324 e. The zero-order valence-corrected chi connectivity index (χ0v) is 7.95. The van der Waals surface area contributed by atoms with E-state index in [2.05, 4.69) is 15.3 Å². The number of hydrogen-bond acceptors (Lipinski definition) is 5. The molecule has 6 nitrogen and oxygen atoms in total. The summed E-state index contributed by atoms with van der Waals surface area (Å²) in [6, 6.07) is 1.66. The quantitative estimate of drug-likeness (QED) is 0.581. The molecule has 0 atom stereocenters. The fourth-order valence-corrected chi connectivity index (χ4v) is 0.979. The van der Waals surface area contributed by atoms with E-state index in [0.717, 1.165) is 5.69 Å². The molecule has 76 valence electrons. The van der Waals surface area contributed by atoms with E-state index in [1.54, 1.807) is 13.0 Å². The molecular weight excluding hydrogens is 182 g/mol. The van der Waals surface area contributed by atoms with E-state index >= 15 is 0 Å². The van der Waals surface area contributed by atoms with Crippen LogP contribution in [0.4, 0.5) is 5.82 Å². The van der Waals surface area contributed by atoms with Crippen molar-refractivity contribution in [1.29, 1.82) is 0 Å². The van der Waals surface area contributed by atoms with Gasteiger partial charge in [0, 0.05) is 11.8 Å². The van der Waals surface area contributed by atoms with Gasteiger partial charge in [0.1, 0.15) is 11.6 Å². The lowest BCUT2D eigenvalue weighted by Crippen LogP contribution is -2.23. The molecule has 0 bridgehead atoms. The van der Waals surface area contributed by atoms with Crippen molar-refractivity contribution in [3.63, 3.8) is 0 Å². The Hall–Kier alpha value is -1.53. The number of nitrogens with zero attached hydrogens (tertiary/aromatic N) is 2. The molecule has 5 N–H and O–H groups in total. The summed E-state index contributed by atoms with van der Waals surface area (Å²) < 4.78 is 0. The van der Waals surface area contributed by atoms with Crippen molar-refractivity contribution in [2.45, 2.75) is 13.5 Å². The second kappa shape index (κ2) is 4.64. The lowest BCUT2D eigenvalue weighted by atomic mass is 10.4. The van der Waals surface area contributed by atoms with Crippen molar-refractivity contribution in [3.05, 3.63) is 17.6 Å². The summed E-state index contributed by atoms with van der Waals surface area (Å²) in [7, 11) is 0. The van der Waals surface area contributed by atoms with Crippen LogP contribution in [0.3, 0.4) is 0 Å². The third-order valence-corrected chi connectivity index (χ3v) is 1.54. The van der Waals surface area contributed by atoms with E-state index in [9.17, 15) is 4.79 Å². The Morgan fingerprint density at radius 2 is 2.21 bits per heavy atom. The molecule has 0 spiro atoms. The van der Waals surface area contributed by atoms with Gasteiger partial charge in [0.2, 0.25) is 5.91 Å². The number of nitrogens with one attached hydrogen (secondary N) is 1. The van der Waals surface area contributed by atoms with Crippen LogP contribution in [-0.4, -0.2) is 22.4 Å². The first-order chi connectivity index (χ1) is 6.65. The first-order valence-electron chi connectivity index (χ1n) is 4.20. The Bertz CT molecular complexity index is 339. The molecule has 0 aliphatic heterocycles. The van der Waals surface area contributed by atoms with Gasteiger partial charge >= 0.3 is 0 Å². The number of anilines is 1. The van der Waals surface area contributed by atoms with Gasteiger partial charge in [0.05, 0.1) is 13.1 Å². The van der Waals surface area contributed by atoms with Crippen LogP contribution in [0.15, 0.2) is 6.07 Å². The molecule has 6 heteroatoms. The molecule has 0 saturated heterocycles. The highest BCUT2D eigenvalue weighted by Crippen LogP contribution is 2.05. The van der Waals surface area contributed by atoms with Crippen LogP contribution < -0.4 is 16.8 Å². The minimum absolute atomic E-state index is 0.0684. The van der Waals surface area contributed by atoms with Crippen LogP contribution in [0.5, 0.6) is 0 Å². The largest absolute Gasteiger partial charge is 0.324 e. The fraction of sp³-hybridized carbons (Fsp3) is 0.375. The van der Waals surface area contributed by atoms with Gasteiger partial charge in [-0.3, -0.25) is 4.79 Å². The Morgan fingerprint density at radius 3 is 2.79 bits per heavy atom. The molecule has 0 unspecified atom stereocenters. The molecule has 0 radical (unpaired) electrons. The highest BCUT2D eigenvalue weighted by atomic mass is 16.1. The first kappa shape index (κ1) is 10.6. The minimum atomic E-state index is -0.286. The number of nitrogens with two attached hydrogens (primary N) is 2. The van der Waals surface area contributed by atoms with Gasteiger partial charge in [-0.15, -0.1) is 0 Å². The molecule has 1 rings (SSSR count). The van der Waals surface area contributed by atoms with Crippen LogP contribution in [0.25, 0.3) is 0 Å². The monoisotopic (exact) mass is 195 g/mol. The van der Waals surface area contributed by atoms with Crippen molar-refractivity contribution in [3.8, 4) is 0 Å². The van der Waals surface area contributed by atoms with E-state index in [0.29, 0.717) is 11.6 Å². The zero-order chi connectivity index (χ0) is 10.6. The van der Waals surface area contributed by atoms with Crippen molar-refractivity contribution in [2.24, 2.45) is 11.5 Å². The molecule has 0 aromatic carbocycles. The summed E-state index contributed by atoms with van der Waals surface area (Å²) in [4.78, 5) is 19.0. The van der Waals surface area contributed by atoms with Crippen LogP contribution in [-0.2, 0) is 11.3 Å². The number of carbonyl (C=O) groups excluding carboxylic acids is 1. The van der Waals surface area contributed by atoms with Crippen LogP contribution in [0, 0.1) is 6.92 Å². The Morgan fingerprint density at radius 1 is 1.50 bits per heavy atom. The number of amides is 1. The maximum atomic E-state index is 11.0. The summed E-state index contributed by atoms with van der Waals surface area (Å²) in [6.45, 7) is 1.98. The lowest BCUT2D eigenvalue weighted by molar-refractivity contribution is -0.114. The van der Waals surface area contributed by atoms with Crippen LogP contribution in [0.1, 0.15) is 11.5 Å². The predicted molar refractivity (Wildman–Crippen MR) is 52.3 cm³/mol. The Balaban J connectivity index is 2.86. The highest BCUT2D eigenvalue weighted by Gasteiger charge is 2.03. The summed E-state index contributed by atoms with van der Waals surface area (Å²) in [5, 5.41) is 2.54. The molecule has 1 amide bonds. The van der Waals surface area contributed by atoms with Gasteiger partial charge in [0.15, 0.2) is 0 Å². The molecular formula is C8H13N5O. The smallest absolute Gasteiger partial charge is 0.239 e. The molecule has 1 aromatic heterocycles. The molecule has 1 aromatic rings. The average molecular weight is 195 g/mol. The van der Waals surface area contributed by atoms with Crippen molar-refractivity contribution >= 4 is 11.7 Å². The van der Waals surface area contributed by atoms with Crippen LogP contribution in [0.2, 0.25) is 0 Å². The van der Waals surface area contributed by atoms with E-state index in [1.807, 2.05) is 0 Å². The topological polar surface area (TPSA) is 107 Å². The Kier molecular flexibility index (Phi) is 3.49. The normalized spacial score (nSPS) is 9.93. The maximum absolute atomic E-state index is 11.0. The Labute approximate surface area is 81.7 Å². The number of aromatic nitrogens is 2. The van der Waals surface area contributed by atoms with E-state index in [1.165, 1.54) is 0 Å². The summed E-state index contributed by atoms with van der Waals surface area (Å²) in [5.41, 5.74) is 11.3. The number of carbonyl (C=O) groups is 1.